The number of unbranched alkanes of at least 4 members (excludes halogenated alkanes) is 1. The first-order valence-electron chi connectivity index (χ1n) is 5.54. The molecule has 0 rings (SSSR count). The highest BCUT2D eigenvalue weighted by molar-refractivity contribution is 7.92. The van der Waals surface area contributed by atoms with Crippen molar-refractivity contribution in [1.82, 2.24) is 0 Å². The maximum absolute atomic E-state index is 11.7. The zero-order valence-corrected chi connectivity index (χ0v) is 10.8. The smallest absolute Gasteiger partial charge is 0.323 e. The third-order valence-electron chi connectivity index (χ3n) is 2.76. The van der Waals surface area contributed by atoms with E-state index >= 15 is 0 Å². The Labute approximate surface area is 97.4 Å². The summed E-state index contributed by atoms with van der Waals surface area (Å²) in [4.78, 5) is 10.9. The van der Waals surface area contributed by atoms with E-state index in [1.165, 1.54) is 0 Å². The number of carboxylic acids is 1. The molecule has 0 bridgehead atoms. The molecule has 0 amide bonds. The van der Waals surface area contributed by atoms with E-state index in [4.69, 9.17) is 15.6 Å². The molecule has 0 spiro atoms. The number of carboxylic acid groups (broad SMARTS) is 1. The first-order chi connectivity index (χ1) is 7.27. The standard InChI is InChI=1S/C10H22N2O3S/c1-3-5-7-16(12,15)8-6-10(11,4-2)9(13)14/h12H,3-8,11H2,1-2H3,(H,13,14)/t10-,16?/m0/s1. The largest absolute Gasteiger partial charge is 0.480 e. The SMILES string of the molecule is CCCCS(=N)(=O)CC[C@@](N)(CC)C(=O)O. The molecule has 0 saturated carbocycles. The Morgan fingerprint density at radius 2 is 2.00 bits per heavy atom. The second kappa shape index (κ2) is 6.20. The summed E-state index contributed by atoms with van der Waals surface area (Å²) in [5.41, 5.74) is 4.33. The average Bonchev–Trinajstić information content (AvgIpc) is 2.23. The van der Waals surface area contributed by atoms with Crippen LogP contribution in [0.4, 0.5) is 0 Å². The summed E-state index contributed by atoms with van der Waals surface area (Å²) < 4.78 is 19.4. The zero-order valence-electron chi connectivity index (χ0n) is 9.99. The lowest BCUT2D eigenvalue weighted by Gasteiger charge is -2.23. The van der Waals surface area contributed by atoms with Gasteiger partial charge in [0.25, 0.3) is 0 Å². The molecule has 0 aromatic rings. The number of hydrogen-bond donors (Lipinski definition) is 3. The van der Waals surface area contributed by atoms with Crippen molar-refractivity contribution in [2.75, 3.05) is 11.5 Å². The number of rotatable bonds is 8. The van der Waals surface area contributed by atoms with Gasteiger partial charge >= 0.3 is 5.97 Å². The van der Waals surface area contributed by atoms with E-state index in [2.05, 4.69) is 0 Å². The summed E-state index contributed by atoms with van der Waals surface area (Å²) in [6, 6.07) is 0. The molecular weight excluding hydrogens is 228 g/mol. The summed E-state index contributed by atoms with van der Waals surface area (Å²) in [5.74, 6) is -0.673. The maximum atomic E-state index is 11.7. The molecule has 6 heteroatoms. The van der Waals surface area contributed by atoms with E-state index in [0.29, 0.717) is 5.75 Å². The van der Waals surface area contributed by atoms with Crippen molar-refractivity contribution >= 4 is 15.7 Å². The van der Waals surface area contributed by atoms with Crippen molar-refractivity contribution in [2.24, 2.45) is 5.73 Å². The lowest BCUT2D eigenvalue weighted by Crippen LogP contribution is -2.48. The second-order valence-corrected chi connectivity index (χ2v) is 6.58. The number of aliphatic carboxylic acids is 1. The van der Waals surface area contributed by atoms with Crippen molar-refractivity contribution in [1.29, 1.82) is 4.78 Å². The highest BCUT2D eigenvalue weighted by Crippen LogP contribution is 2.14. The lowest BCUT2D eigenvalue weighted by atomic mass is 9.95. The Morgan fingerprint density at radius 3 is 2.38 bits per heavy atom. The first-order valence-corrected chi connectivity index (χ1v) is 7.43. The van der Waals surface area contributed by atoms with Crippen LogP contribution in [0.2, 0.25) is 0 Å². The minimum absolute atomic E-state index is 0.0731. The molecular formula is C10H22N2O3S. The summed E-state index contributed by atoms with van der Waals surface area (Å²) in [7, 11) is -2.66. The van der Waals surface area contributed by atoms with Crippen LogP contribution in [-0.4, -0.2) is 32.3 Å². The van der Waals surface area contributed by atoms with E-state index in [1.54, 1.807) is 6.92 Å². The summed E-state index contributed by atoms with van der Waals surface area (Å²) in [5, 5.41) is 8.93. The van der Waals surface area contributed by atoms with Gasteiger partial charge in [-0.1, -0.05) is 20.3 Å². The van der Waals surface area contributed by atoms with Crippen molar-refractivity contribution in [3.8, 4) is 0 Å². The highest BCUT2D eigenvalue weighted by atomic mass is 32.2. The predicted octanol–water partition coefficient (Wildman–Crippen LogP) is 1.42. The van der Waals surface area contributed by atoms with Gasteiger partial charge in [-0.2, -0.15) is 0 Å². The van der Waals surface area contributed by atoms with Gasteiger partial charge in [0.1, 0.15) is 5.54 Å². The van der Waals surface area contributed by atoms with Crippen LogP contribution >= 0.6 is 0 Å². The molecule has 0 aliphatic rings. The molecule has 0 fully saturated rings. The predicted molar refractivity (Wildman–Crippen MR) is 65.0 cm³/mol. The second-order valence-electron chi connectivity index (χ2n) is 4.14. The minimum Gasteiger partial charge on any atom is -0.480 e. The fraction of sp³-hybridized carbons (Fsp3) is 0.900. The van der Waals surface area contributed by atoms with Crippen molar-refractivity contribution in [3.63, 3.8) is 0 Å². The molecule has 0 saturated heterocycles. The molecule has 0 heterocycles. The van der Waals surface area contributed by atoms with E-state index in [1.807, 2.05) is 6.92 Å². The molecule has 0 aliphatic carbocycles. The molecule has 0 aliphatic heterocycles. The number of carbonyl (C=O) groups is 1. The van der Waals surface area contributed by atoms with Crippen molar-refractivity contribution in [2.45, 2.75) is 45.1 Å². The Hall–Kier alpha value is -0.620. The molecule has 2 atom stereocenters. The van der Waals surface area contributed by atoms with Crippen LogP contribution in [0.3, 0.4) is 0 Å². The van der Waals surface area contributed by atoms with E-state index in [-0.39, 0.29) is 18.6 Å². The van der Waals surface area contributed by atoms with Gasteiger partial charge in [0, 0.05) is 21.2 Å². The summed E-state index contributed by atoms with van der Waals surface area (Å²) in [6.45, 7) is 3.65. The lowest BCUT2D eigenvalue weighted by molar-refractivity contribution is -0.143. The Balaban J connectivity index is 4.37. The molecule has 0 aromatic heterocycles. The van der Waals surface area contributed by atoms with Crippen molar-refractivity contribution in [3.05, 3.63) is 0 Å². The number of nitrogens with one attached hydrogen (secondary N) is 1. The fourth-order valence-electron chi connectivity index (χ4n) is 1.26. The molecule has 16 heavy (non-hydrogen) atoms. The van der Waals surface area contributed by atoms with E-state index in [0.717, 1.165) is 12.8 Å². The van der Waals surface area contributed by atoms with Gasteiger partial charge in [-0.25, -0.2) is 4.21 Å². The van der Waals surface area contributed by atoms with Crippen LogP contribution in [0.5, 0.6) is 0 Å². The zero-order chi connectivity index (χ0) is 12.8. The van der Waals surface area contributed by atoms with Crippen LogP contribution in [0.15, 0.2) is 0 Å². The van der Waals surface area contributed by atoms with Gasteiger partial charge < -0.3 is 10.8 Å². The van der Waals surface area contributed by atoms with Gasteiger partial charge in [-0.15, -0.1) is 0 Å². The third kappa shape index (κ3) is 4.94. The topological polar surface area (TPSA) is 104 Å². The van der Waals surface area contributed by atoms with Gasteiger partial charge in [0.15, 0.2) is 0 Å². The molecule has 0 radical (unpaired) electrons. The van der Waals surface area contributed by atoms with E-state index in [9.17, 15) is 9.00 Å². The summed E-state index contributed by atoms with van der Waals surface area (Å²) >= 11 is 0. The van der Waals surface area contributed by atoms with Crippen LogP contribution in [0.1, 0.15) is 39.5 Å². The quantitative estimate of drug-likeness (QED) is 0.606. The molecule has 5 nitrogen and oxygen atoms in total. The maximum Gasteiger partial charge on any atom is 0.323 e. The van der Waals surface area contributed by atoms with Crippen LogP contribution in [0, 0.1) is 4.78 Å². The third-order valence-corrected chi connectivity index (χ3v) is 4.57. The average molecular weight is 250 g/mol. The number of nitrogens with two attached hydrogens (primary N) is 1. The first kappa shape index (κ1) is 15.4. The van der Waals surface area contributed by atoms with Gasteiger partial charge in [-0.05, 0) is 19.3 Å². The molecule has 96 valence electrons. The van der Waals surface area contributed by atoms with Crippen LogP contribution < -0.4 is 5.73 Å². The molecule has 0 aromatic carbocycles. The van der Waals surface area contributed by atoms with Gasteiger partial charge in [0.2, 0.25) is 0 Å². The molecule has 4 N–H and O–H groups in total. The van der Waals surface area contributed by atoms with Crippen molar-refractivity contribution < 1.29 is 14.1 Å². The van der Waals surface area contributed by atoms with Gasteiger partial charge in [-0.3, -0.25) is 9.57 Å². The summed E-state index contributed by atoms with van der Waals surface area (Å²) in [6.07, 6.45) is 2.01. The highest BCUT2D eigenvalue weighted by Gasteiger charge is 2.32. The monoisotopic (exact) mass is 250 g/mol. The molecule has 1 unspecified atom stereocenters. The normalized spacial score (nSPS) is 18.7. The Morgan fingerprint density at radius 1 is 1.44 bits per heavy atom. The Bertz CT molecular complexity index is 327. The van der Waals surface area contributed by atoms with Crippen LogP contribution in [0.25, 0.3) is 0 Å². The van der Waals surface area contributed by atoms with E-state index < -0.39 is 21.2 Å². The number of hydrogen-bond acceptors (Lipinski definition) is 4. The van der Waals surface area contributed by atoms with Crippen LogP contribution in [-0.2, 0) is 14.5 Å². The van der Waals surface area contributed by atoms with Gasteiger partial charge in [0.05, 0.1) is 0 Å². The Kier molecular flexibility index (Phi) is 5.96. The fourth-order valence-corrected chi connectivity index (χ4v) is 2.91. The minimum atomic E-state index is -2.66.